The molecule has 0 radical (unpaired) electrons. The van der Waals surface area contributed by atoms with Crippen LogP contribution in [-0.4, -0.2) is 53.7 Å². The summed E-state index contributed by atoms with van der Waals surface area (Å²) in [6.45, 7) is 3.15. The van der Waals surface area contributed by atoms with Gasteiger partial charge in [-0.1, -0.05) is 61.9 Å². The van der Waals surface area contributed by atoms with Gasteiger partial charge in [-0.05, 0) is 46.9 Å². The first-order chi connectivity index (χ1) is 16.5. The summed E-state index contributed by atoms with van der Waals surface area (Å²) in [6.07, 6.45) is 1.35. The van der Waals surface area contributed by atoms with Gasteiger partial charge >= 0.3 is 12.1 Å². The van der Waals surface area contributed by atoms with Gasteiger partial charge in [0.05, 0.1) is 5.92 Å². The zero-order chi connectivity index (χ0) is 23.8. The number of alkyl carbamates (subject to hydrolysis) is 1. The highest BCUT2D eigenvalue weighted by atomic mass is 16.5. The maximum absolute atomic E-state index is 13.2. The molecule has 7 nitrogen and oxygen atoms in total. The Labute approximate surface area is 199 Å². The van der Waals surface area contributed by atoms with E-state index in [4.69, 9.17) is 4.74 Å². The Morgan fingerprint density at radius 1 is 1.06 bits per heavy atom. The first kappa shape index (κ1) is 22.4. The van der Waals surface area contributed by atoms with Gasteiger partial charge in [0.15, 0.2) is 0 Å². The molecule has 7 heteroatoms. The number of rotatable bonds is 7. The molecule has 1 saturated carbocycles. The molecule has 2 fully saturated rings. The van der Waals surface area contributed by atoms with Gasteiger partial charge in [0.2, 0.25) is 5.91 Å². The highest BCUT2D eigenvalue weighted by molar-refractivity contribution is 5.86. The second-order valence-electron chi connectivity index (χ2n) is 9.58. The Balaban J connectivity index is 1.21. The van der Waals surface area contributed by atoms with Crippen LogP contribution in [0, 0.1) is 17.8 Å². The van der Waals surface area contributed by atoms with Crippen LogP contribution in [0.1, 0.15) is 43.2 Å². The number of ether oxygens (including phenoxy) is 1. The molecular weight excluding hydrogens is 432 g/mol. The largest absolute Gasteiger partial charge is 0.481 e. The molecule has 4 unspecified atom stereocenters. The zero-order valence-corrected chi connectivity index (χ0v) is 19.3. The summed E-state index contributed by atoms with van der Waals surface area (Å²) in [5, 5.41) is 12.1. The van der Waals surface area contributed by atoms with E-state index >= 15 is 0 Å². The zero-order valence-electron chi connectivity index (χ0n) is 19.3. The summed E-state index contributed by atoms with van der Waals surface area (Å²) in [6, 6.07) is 15.6. The van der Waals surface area contributed by atoms with E-state index in [-0.39, 0.29) is 36.2 Å². The minimum atomic E-state index is -0.772. The van der Waals surface area contributed by atoms with Crippen LogP contribution in [0.15, 0.2) is 48.5 Å². The van der Waals surface area contributed by atoms with E-state index in [1.54, 1.807) is 4.90 Å². The Kier molecular flexibility index (Phi) is 6.02. The molecule has 0 aromatic heterocycles. The first-order valence-corrected chi connectivity index (χ1v) is 12.1. The molecule has 2 N–H and O–H groups in total. The third kappa shape index (κ3) is 4.04. The predicted octanol–water partition coefficient (Wildman–Crippen LogP) is 3.87. The van der Waals surface area contributed by atoms with Crippen molar-refractivity contribution in [2.24, 2.45) is 17.8 Å². The normalized spacial score (nSPS) is 23.3. The number of nitrogens with one attached hydrogen (secondary N) is 1. The van der Waals surface area contributed by atoms with Crippen molar-refractivity contribution in [3.8, 4) is 11.1 Å². The van der Waals surface area contributed by atoms with Crippen molar-refractivity contribution in [1.82, 2.24) is 10.2 Å². The number of benzene rings is 2. The van der Waals surface area contributed by atoms with E-state index in [0.29, 0.717) is 25.9 Å². The maximum atomic E-state index is 13.2. The monoisotopic (exact) mass is 462 g/mol. The van der Waals surface area contributed by atoms with Gasteiger partial charge in [0, 0.05) is 19.0 Å². The number of nitrogens with zero attached hydrogens (tertiary/aromatic N) is 1. The summed E-state index contributed by atoms with van der Waals surface area (Å²) in [4.78, 5) is 38.9. The van der Waals surface area contributed by atoms with Crippen molar-refractivity contribution in [3.63, 3.8) is 0 Å². The molecule has 4 atom stereocenters. The minimum Gasteiger partial charge on any atom is -0.481 e. The Morgan fingerprint density at radius 3 is 2.32 bits per heavy atom. The molecule has 2 aromatic rings. The van der Waals surface area contributed by atoms with Gasteiger partial charge in [-0.2, -0.15) is 0 Å². The van der Waals surface area contributed by atoms with Crippen LogP contribution in [0.4, 0.5) is 4.79 Å². The number of hydrogen-bond acceptors (Lipinski definition) is 4. The lowest BCUT2D eigenvalue weighted by molar-refractivity contribution is -0.139. The summed E-state index contributed by atoms with van der Waals surface area (Å²) in [7, 11) is 0. The molecule has 2 amide bonds. The lowest BCUT2D eigenvalue weighted by atomic mass is 9.98. The Hall–Kier alpha value is -3.35. The third-order valence-corrected chi connectivity index (χ3v) is 7.60. The number of likely N-dealkylation sites (tertiary alicyclic amines) is 1. The molecule has 3 aliphatic rings. The van der Waals surface area contributed by atoms with E-state index < -0.39 is 18.1 Å². The molecule has 0 bridgehead atoms. The van der Waals surface area contributed by atoms with E-state index in [9.17, 15) is 19.5 Å². The van der Waals surface area contributed by atoms with Crippen molar-refractivity contribution in [2.75, 3.05) is 19.7 Å². The number of carboxylic acids is 1. The number of piperidine rings is 1. The SMILES string of the molecule is CCCC(NC(=O)OCC1c2ccccc2-c2ccccc21)C(=O)N1CCC2C(C1)C2C(=O)O. The Bertz CT molecular complexity index is 1070. The average molecular weight is 463 g/mol. The first-order valence-electron chi connectivity index (χ1n) is 12.1. The highest BCUT2D eigenvalue weighted by Crippen LogP contribution is 2.51. The summed E-state index contributed by atoms with van der Waals surface area (Å²) in [5.74, 6) is -1.08. The quantitative estimate of drug-likeness (QED) is 0.651. The number of hydrogen-bond donors (Lipinski definition) is 2. The summed E-state index contributed by atoms with van der Waals surface area (Å²) < 4.78 is 5.63. The van der Waals surface area contributed by atoms with Crippen molar-refractivity contribution in [3.05, 3.63) is 59.7 Å². The molecule has 1 aliphatic heterocycles. The van der Waals surface area contributed by atoms with Crippen molar-refractivity contribution in [2.45, 2.75) is 38.1 Å². The summed E-state index contributed by atoms with van der Waals surface area (Å²) in [5.41, 5.74) is 4.60. The molecule has 178 valence electrons. The van der Waals surface area contributed by atoms with Gasteiger partial charge in [-0.3, -0.25) is 9.59 Å². The molecule has 0 spiro atoms. The topological polar surface area (TPSA) is 95.9 Å². The average Bonchev–Trinajstić information content (AvgIpc) is 3.49. The van der Waals surface area contributed by atoms with Gasteiger partial charge < -0.3 is 20.1 Å². The number of carboxylic acid groups (broad SMARTS) is 1. The molecule has 5 rings (SSSR count). The van der Waals surface area contributed by atoms with E-state index in [1.165, 1.54) is 0 Å². The van der Waals surface area contributed by atoms with Crippen molar-refractivity contribution in [1.29, 1.82) is 0 Å². The van der Waals surface area contributed by atoms with E-state index in [1.807, 2.05) is 31.2 Å². The van der Waals surface area contributed by atoms with Crippen LogP contribution in [-0.2, 0) is 14.3 Å². The Morgan fingerprint density at radius 2 is 1.71 bits per heavy atom. The third-order valence-electron chi connectivity index (χ3n) is 7.60. The van der Waals surface area contributed by atoms with Gasteiger partial charge in [0.1, 0.15) is 12.6 Å². The lowest BCUT2D eigenvalue weighted by Gasteiger charge is -2.30. The van der Waals surface area contributed by atoms with Gasteiger partial charge in [-0.25, -0.2) is 4.79 Å². The molecule has 1 heterocycles. The maximum Gasteiger partial charge on any atom is 0.407 e. The van der Waals surface area contributed by atoms with Crippen LogP contribution in [0.5, 0.6) is 0 Å². The molecular formula is C27H30N2O5. The molecule has 2 aromatic carbocycles. The van der Waals surface area contributed by atoms with Crippen molar-refractivity contribution >= 4 is 18.0 Å². The standard InChI is InChI=1S/C27H30N2O5/c1-2-7-23(25(30)29-13-12-20-21(14-29)24(20)26(31)32)28-27(33)34-15-22-18-10-5-3-8-16(18)17-9-4-6-11-19(17)22/h3-6,8-11,20-24H,2,7,12-15H2,1H3,(H,28,33)(H,31,32). The lowest BCUT2D eigenvalue weighted by Crippen LogP contribution is -2.50. The van der Waals surface area contributed by atoms with Gasteiger partial charge in [-0.15, -0.1) is 0 Å². The molecule has 2 aliphatic carbocycles. The van der Waals surface area contributed by atoms with Crippen LogP contribution >= 0.6 is 0 Å². The minimum absolute atomic E-state index is 0.0342. The van der Waals surface area contributed by atoms with Crippen LogP contribution in [0.3, 0.4) is 0 Å². The van der Waals surface area contributed by atoms with Crippen molar-refractivity contribution < 1.29 is 24.2 Å². The van der Waals surface area contributed by atoms with Crippen LogP contribution < -0.4 is 5.32 Å². The second-order valence-corrected chi connectivity index (χ2v) is 9.58. The van der Waals surface area contributed by atoms with E-state index in [2.05, 4.69) is 29.6 Å². The smallest absolute Gasteiger partial charge is 0.407 e. The van der Waals surface area contributed by atoms with Crippen LogP contribution in [0.25, 0.3) is 11.1 Å². The number of amides is 2. The predicted molar refractivity (Wildman–Crippen MR) is 126 cm³/mol. The number of fused-ring (bicyclic) bond motifs is 4. The number of carbonyl (C=O) groups excluding carboxylic acids is 2. The number of carbonyl (C=O) groups is 3. The van der Waals surface area contributed by atoms with Crippen LogP contribution in [0.2, 0.25) is 0 Å². The van der Waals surface area contributed by atoms with E-state index in [0.717, 1.165) is 28.7 Å². The summed E-state index contributed by atoms with van der Waals surface area (Å²) >= 11 is 0. The molecule has 34 heavy (non-hydrogen) atoms. The highest BCUT2D eigenvalue weighted by Gasteiger charge is 2.57. The number of aliphatic carboxylic acids is 1. The second kappa shape index (κ2) is 9.12. The van der Waals surface area contributed by atoms with Gasteiger partial charge in [0.25, 0.3) is 0 Å². The molecule has 1 saturated heterocycles. The fraction of sp³-hybridized carbons (Fsp3) is 0.444. The fourth-order valence-electron chi connectivity index (χ4n) is 5.85. The fourth-order valence-corrected chi connectivity index (χ4v) is 5.85.